The van der Waals surface area contributed by atoms with Crippen LogP contribution in [0.25, 0.3) is 0 Å². The summed E-state index contributed by atoms with van der Waals surface area (Å²) >= 11 is 0. The maximum Gasteiger partial charge on any atom is 0.243 e. The van der Waals surface area contributed by atoms with Crippen LogP contribution in [0.15, 0.2) is 36.4 Å². The second kappa shape index (κ2) is 6.24. The zero-order valence-electron chi connectivity index (χ0n) is 11.5. The molecular formula is C15H21NO2. The summed E-state index contributed by atoms with van der Waals surface area (Å²) in [6, 6.07) is 7.65. The van der Waals surface area contributed by atoms with Gasteiger partial charge in [-0.15, -0.1) is 0 Å². The molecule has 0 radical (unpaired) electrons. The van der Waals surface area contributed by atoms with E-state index in [1.165, 1.54) is 0 Å². The Labute approximate surface area is 109 Å². The minimum Gasteiger partial charge on any atom is -0.497 e. The van der Waals surface area contributed by atoms with Gasteiger partial charge in [-0.3, -0.25) is 4.79 Å². The number of hydrogen-bond donors (Lipinski definition) is 1. The SMILES string of the molecule is COc1cccc(CNC(=O)C=CC(C)(C)C)c1. The molecule has 0 heterocycles. The second-order valence-corrected chi connectivity index (χ2v) is 5.27. The van der Waals surface area contributed by atoms with Crippen molar-refractivity contribution in [2.75, 3.05) is 7.11 Å². The Morgan fingerprint density at radius 1 is 1.39 bits per heavy atom. The van der Waals surface area contributed by atoms with E-state index in [0.29, 0.717) is 6.54 Å². The van der Waals surface area contributed by atoms with Crippen molar-refractivity contribution in [2.24, 2.45) is 5.41 Å². The molecule has 1 aromatic carbocycles. The molecule has 3 heteroatoms. The Hall–Kier alpha value is -1.77. The maximum atomic E-state index is 11.6. The third-order valence-corrected chi connectivity index (χ3v) is 2.34. The molecule has 0 saturated heterocycles. The lowest BCUT2D eigenvalue weighted by Crippen LogP contribution is -2.20. The predicted octanol–water partition coefficient (Wildman–Crippen LogP) is 2.91. The predicted molar refractivity (Wildman–Crippen MR) is 73.4 cm³/mol. The summed E-state index contributed by atoms with van der Waals surface area (Å²) in [7, 11) is 1.63. The van der Waals surface area contributed by atoms with Gasteiger partial charge in [0.1, 0.15) is 5.75 Å². The minimum absolute atomic E-state index is 0.0211. The van der Waals surface area contributed by atoms with Gasteiger partial charge in [-0.05, 0) is 29.2 Å². The lowest BCUT2D eigenvalue weighted by atomic mass is 9.96. The Bertz CT molecular complexity index is 430. The summed E-state index contributed by atoms with van der Waals surface area (Å²) in [5.74, 6) is 0.722. The monoisotopic (exact) mass is 247 g/mol. The molecule has 0 spiro atoms. The molecule has 1 aromatic rings. The number of benzene rings is 1. The first kappa shape index (κ1) is 14.3. The summed E-state index contributed by atoms with van der Waals surface area (Å²) in [4.78, 5) is 11.6. The van der Waals surface area contributed by atoms with Crippen molar-refractivity contribution in [2.45, 2.75) is 27.3 Å². The topological polar surface area (TPSA) is 38.3 Å². The van der Waals surface area contributed by atoms with Gasteiger partial charge in [-0.2, -0.15) is 0 Å². The zero-order chi connectivity index (χ0) is 13.6. The van der Waals surface area contributed by atoms with Crippen molar-refractivity contribution < 1.29 is 9.53 Å². The summed E-state index contributed by atoms with van der Waals surface area (Å²) in [5, 5.41) is 2.84. The number of carbonyl (C=O) groups excluding carboxylic acids is 1. The number of allylic oxidation sites excluding steroid dienone is 1. The number of ether oxygens (including phenoxy) is 1. The van der Waals surface area contributed by atoms with E-state index in [4.69, 9.17) is 4.74 Å². The smallest absolute Gasteiger partial charge is 0.243 e. The van der Waals surface area contributed by atoms with E-state index in [-0.39, 0.29) is 11.3 Å². The van der Waals surface area contributed by atoms with E-state index in [2.05, 4.69) is 26.1 Å². The van der Waals surface area contributed by atoms with Crippen molar-refractivity contribution >= 4 is 5.91 Å². The number of hydrogen-bond acceptors (Lipinski definition) is 2. The molecule has 98 valence electrons. The molecule has 1 amide bonds. The van der Waals surface area contributed by atoms with Crippen LogP contribution in [0.1, 0.15) is 26.3 Å². The largest absolute Gasteiger partial charge is 0.497 e. The van der Waals surface area contributed by atoms with Crippen LogP contribution >= 0.6 is 0 Å². The lowest BCUT2D eigenvalue weighted by Gasteiger charge is -2.11. The van der Waals surface area contributed by atoms with Crippen molar-refractivity contribution in [3.8, 4) is 5.75 Å². The highest BCUT2D eigenvalue weighted by molar-refractivity contribution is 5.87. The Balaban J connectivity index is 2.50. The molecule has 0 fully saturated rings. The average molecular weight is 247 g/mol. The fourth-order valence-electron chi connectivity index (χ4n) is 1.36. The van der Waals surface area contributed by atoms with Gasteiger partial charge in [0.05, 0.1) is 7.11 Å². The molecule has 0 atom stereocenters. The van der Waals surface area contributed by atoms with Gasteiger partial charge in [0.2, 0.25) is 5.91 Å². The van der Waals surface area contributed by atoms with E-state index < -0.39 is 0 Å². The highest BCUT2D eigenvalue weighted by Crippen LogP contribution is 2.14. The van der Waals surface area contributed by atoms with E-state index in [0.717, 1.165) is 11.3 Å². The quantitative estimate of drug-likeness (QED) is 0.831. The first-order chi connectivity index (χ1) is 8.40. The summed E-state index contributed by atoms with van der Waals surface area (Å²) in [6.45, 7) is 6.67. The van der Waals surface area contributed by atoms with E-state index in [9.17, 15) is 4.79 Å². The number of nitrogens with one attached hydrogen (secondary N) is 1. The summed E-state index contributed by atoms with van der Waals surface area (Å²) < 4.78 is 5.13. The Morgan fingerprint density at radius 3 is 2.72 bits per heavy atom. The lowest BCUT2D eigenvalue weighted by molar-refractivity contribution is -0.116. The fourth-order valence-corrected chi connectivity index (χ4v) is 1.36. The van der Waals surface area contributed by atoms with E-state index in [1.807, 2.05) is 30.3 Å². The van der Waals surface area contributed by atoms with Gasteiger partial charge in [0.15, 0.2) is 0 Å². The zero-order valence-corrected chi connectivity index (χ0v) is 11.5. The molecule has 3 nitrogen and oxygen atoms in total. The number of amides is 1. The molecule has 0 aliphatic carbocycles. The Morgan fingerprint density at radius 2 is 2.11 bits per heavy atom. The molecule has 0 saturated carbocycles. The highest BCUT2D eigenvalue weighted by atomic mass is 16.5. The molecule has 0 unspecified atom stereocenters. The first-order valence-electron chi connectivity index (χ1n) is 6.01. The molecule has 0 bridgehead atoms. The van der Waals surface area contributed by atoms with Crippen LogP contribution in [0.5, 0.6) is 5.75 Å². The van der Waals surface area contributed by atoms with Crippen molar-refractivity contribution in [1.29, 1.82) is 0 Å². The van der Waals surface area contributed by atoms with Crippen LogP contribution in [0, 0.1) is 5.41 Å². The molecule has 0 aromatic heterocycles. The molecule has 1 rings (SSSR count). The van der Waals surface area contributed by atoms with Gasteiger partial charge in [0.25, 0.3) is 0 Å². The second-order valence-electron chi connectivity index (χ2n) is 5.27. The van der Waals surface area contributed by atoms with E-state index in [1.54, 1.807) is 13.2 Å². The molecule has 18 heavy (non-hydrogen) atoms. The van der Waals surface area contributed by atoms with Gasteiger partial charge in [0, 0.05) is 6.54 Å². The van der Waals surface area contributed by atoms with Gasteiger partial charge in [-0.1, -0.05) is 39.0 Å². The molecule has 0 aliphatic rings. The number of methoxy groups -OCH3 is 1. The van der Waals surface area contributed by atoms with Crippen molar-refractivity contribution in [1.82, 2.24) is 5.32 Å². The third kappa shape index (κ3) is 5.53. The van der Waals surface area contributed by atoms with Gasteiger partial charge < -0.3 is 10.1 Å². The van der Waals surface area contributed by atoms with Crippen LogP contribution in [0.4, 0.5) is 0 Å². The Kier molecular flexibility index (Phi) is 4.95. The minimum atomic E-state index is -0.0762. The van der Waals surface area contributed by atoms with E-state index >= 15 is 0 Å². The van der Waals surface area contributed by atoms with Gasteiger partial charge in [-0.25, -0.2) is 0 Å². The fraction of sp³-hybridized carbons (Fsp3) is 0.400. The van der Waals surface area contributed by atoms with Crippen LogP contribution in [-0.4, -0.2) is 13.0 Å². The average Bonchev–Trinajstić information content (AvgIpc) is 2.33. The number of carbonyl (C=O) groups is 1. The summed E-state index contributed by atoms with van der Waals surface area (Å²) in [6.07, 6.45) is 3.48. The third-order valence-electron chi connectivity index (χ3n) is 2.34. The van der Waals surface area contributed by atoms with Crippen LogP contribution < -0.4 is 10.1 Å². The molecular weight excluding hydrogens is 226 g/mol. The van der Waals surface area contributed by atoms with Crippen LogP contribution in [0.2, 0.25) is 0 Å². The highest BCUT2D eigenvalue weighted by Gasteiger charge is 2.05. The molecule has 1 N–H and O–H groups in total. The molecule has 0 aliphatic heterocycles. The summed E-state index contributed by atoms with van der Waals surface area (Å²) in [5.41, 5.74) is 1.04. The first-order valence-corrected chi connectivity index (χ1v) is 6.01. The van der Waals surface area contributed by atoms with Gasteiger partial charge >= 0.3 is 0 Å². The number of rotatable bonds is 4. The van der Waals surface area contributed by atoms with Crippen LogP contribution in [0.3, 0.4) is 0 Å². The maximum absolute atomic E-state index is 11.6. The normalized spacial score (nSPS) is 11.6. The van der Waals surface area contributed by atoms with Crippen molar-refractivity contribution in [3.05, 3.63) is 42.0 Å². The standard InChI is InChI=1S/C15H21NO2/c1-15(2,3)9-8-14(17)16-11-12-6-5-7-13(10-12)18-4/h5-10H,11H2,1-4H3,(H,16,17). The van der Waals surface area contributed by atoms with Crippen LogP contribution in [-0.2, 0) is 11.3 Å². The van der Waals surface area contributed by atoms with Crippen molar-refractivity contribution in [3.63, 3.8) is 0 Å².